The van der Waals surface area contributed by atoms with E-state index >= 15 is 0 Å². The predicted octanol–water partition coefficient (Wildman–Crippen LogP) is 15.8. The first kappa shape index (κ1) is 35.4. The maximum Gasteiger partial charge on any atom is 0.137 e. The number of hydrogen-bond donors (Lipinski definition) is 0. The average Bonchev–Trinajstić information content (AvgIpc) is 4.08. The van der Waals surface area contributed by atoms with E-state index in [0.717, 1.165) is 39.0 Å². The minimum Gasteiger partial charge on any atom is -0.456 e. The molecule has 1 spiro atoms. The molecule has 2 heteroatoms. The molecule has 0 aliphatic heterocycles. The second kappa shape index (κ2) is 13.2. The van der Waals surface area contributed by atoms with Crippen LogP contribution in [0.25, 0.3) is 55.3 Å². The molecular formula is C62H39NO. The van der Waals surface area contributed by atoms with Crippen molar-refractivity contribution in [3.05, 3.63) is 281 Å². The van der Waals surface area contributed by atoms with Gasteiger partial charge in [0.05, 0.1) is 27.6 Å². The van der Waals surface area contributed by atoms with Gasteiger partial charge in [-0.05, 0) is 109 Å². The second-order valence-electron chi connectivity index (χ2n) is 17.4. The van der Waals surface area contributed by atoms with E-state index in [4.69, 9.17) is 4.42 Å². The van der Waals surface area contributed by atoms with Crippen LogP contribution in [0.3, 0.4) is 0 Å². The van der Waals surface area contributed by atoms with Crippen molar-refractivity contribution in [2.45, 2.75) is 10.8 Å². The minimum absolute atomic E-state index is 0.475. The third-order valence-corrected chi connectivity index (χ3v) is 14.6. The maximum absolute atomic E-state index is 6.64. The van der Waals surface area contributed by atoms with Crippen LogP contribution in [0.2, 0.25) is 0 Å². The van der Waals surface area contributed by atoms with E-state index in [9.17, 15) is 0 Å². The highest BCUT2D eigenvalue weighted by Crippen LogP contribution is 2.65. The van der Waals surface area contributed by atoms with Crippen LogP contribution in [-0.4, -0.2) is 0 Å². The van der Waals surface area contributed by atoms with Crippen molar-refractivity contribution in [1.82, 2.24) is 0 Å². The maximum atomic E-state index is 6.64. The number of para-hydroxylation sites is 1. The summed E-state index contributed by atoms with van der Waals surface area (Å²) < 4.78 is 6.64. The quantitative estimate of drug-likeness (QED) is 0.172. The Balaban J connectivity index is 1.09. The summed E-state index contributed by atoms with van der Waals surface area (Å²) in [5.41, 5.74) is 22.0. The molecule has 0 N–H and O–H groups in total. The van der Waals surface area contributed by atoms with Gasteiger partial charge >= 0.3 is 0 Å². The van der Waals surface area contributed by atoms with E-state index in [0.29, 0.717) is 0 Å². The van der Waals surface area contributed by atoms with Gasteiger partial charge in [0.15, 0.2) is 0 Å². The molecule has 10 aromatic carbocycles. The summed E-state index contributed by atoms with van der Waals surface area (Å²) in [6.45, 7) is 0. The van der Waals surface area contributed by atoms with Gasteiger partial charge in [-0.25, -0.2) is 0 Å². The van der Waals surface area contributed by atoms with Crippen LogP contribution in [0.15, 0.2) is 241 Å². The molecule has 0 fully saturated rings. The van der Waals surface area contributed by atoms with E-state index < -0.39 is 10.8 Å². The highest BCUT2D eigenvalue weighted by Gasteiger charge is 2.52. The monoisotopic (exact) mass is 813 g/mol. The Bertz CT molecular complexity index is 3610. The minimum atomic E-state index is -0.499. The lowest BCUT2D eigenvalue weighted by molar-refractivity contribution is 0.669. The number of rotatable bonds is 5. The molecule has 0 unspecified atom stereocenters. The average molecular weight is 814 g/mol. The lowest BCUT2D eigenvalue weighted by Gasteiger charge is -2.34. The van der Waals surface area contributed by atoms with Gasteiger partial charge in [0.2, 0.25) is 0 Å². The first-order chi connectivity index (χ1) is 31.8. The smallest absolute Gasteiger partial charge is 0.137 e. The molecule has 1 heterocycles. The molecule has 0 saturated heterocycles. The third kappa shape index (κ3) is 4.44. The number of furan rings is 1. The summed E-state index contributed by atoms with van der Waals surface area (Å²) in [4.78, 5) is 2.53. The number of fused-ring (bicyclic) bond motifs is 16. The van der Waals surface area contributed by atoms with Crippen LogP contribution in [0.1, 0.15) is 44.5 Å². The molecule has 0 saturated carbocycles. The zero-order valence-corrected chi connectivity index (χ0v) is 34.9. The topological polar surface area (TPSA) is 16.4 Å². The van der Waals surface area contributed by atoms with Crippen LogP contribution in [-0.2, 0) is 10.8 Å². The van der Waals surface area contributed by atoms with Gasteiger partial charge in [-0.15, -0.1) is 0 Å². The molecule has 64 heavy (non-hydrogen) atoms. The largest absolute Gasteiger partial charge is 0.456 e. The van der Waals surface area contributed by atoms with Gasteiger partial charge < -0.3 is 9.32 Å². The molecule has 298 valence electrons. The van der Waals surface area contributed by atoms with E-state index in [1.807, 2.05) is 0 Å². The molecule has 11 aromatic rings. The lowest BCUT2D eigenvalue weighted by atomic mass is 9.68. The Kier molecular flexibility index (Phi) is 7.28. The Hall–Kier alpha value is -8.20. The van der Waals surface area contributed by atoms with Gasteiger partial charge in [0, 0.05) is 16.6 Å². The first-order valence-corrected chi connectivity index (χ1v) is 22.3. The van der Waals surface area contributed by atoms with E-state index in [2.05, 4.69) is 241 Å². The number of nitrogens with zero attached hydrogens (tertiary/aromatic N) is 1. The first-order valence-electron chi connectivity index (χ1n) is 22.3. The Morgan fingerprint density at radius 3 is 1.45 bits per heavy atom. The summed E-state index contributed by atoms with van der Waals surface area (Å²) >= 11 is 0. The highest BCUT2D eigenvalue weighted by molar-refractivity contribution is 6.14. The highest BCUT2D eigenvalue weighted by atomic mass is 16.3. The van der Waals surface area contributed by atoms with Gasteiger partial charge in [-0.1, -0.05) is 200 Å². The fourth-order valence-corrected chi connectivity index (χ4v) is 12.2. The van der Waals surface area contributed by atoms with Crippen molar-refractivity contribution in [3.63, 3.8) is 0 Å². The molecule has 3 aliphatic rings. The molecule has 0 atom stereocenters. The van der Waals surface area contributed by atoms with Gasteiger partial charge in [0.25, 0.3) is 0 Å². The van der Waals surface area contributed by atoms with E-state index in [-0.39, 0.29) is 0 Å². The third-order valence-electron chi connectivity index (χ3n) is 14.6. The summed E-state index contributed by atoms with van der Waals surface area (Å²) in [6, 6.07) is 87.6. The molecule has 0 radical (unpaired) electrons. The fourth-order valence-electron chi connectivity index (χ4n) is 12.2. The number of anilines is 3. The lowest BCUT2D eigenvalue weighted by Crippen LogP contribution is -2.28. The number of benzene rings is 10. The van der Waals surface area contributed by atoms with Gasteiger partial charge in [0.1, 0.15) is 11.2 Å². The predicted molar refractivity (Wildman–Crippen MR) is 262 cm³/mol. The van der Waals surface area contributed by atoms with Crippen molar-refractivity contribution in [3.8, 4) is 33.4 Å². The molecular weight excluding hydrogens is 775 g/mol. The van der Waals surface area contributed by atoms with Crippen molar-refractivity contribution < 1.29 is 4.42 Å². The Morgan fingerprint density at radius 2 is 0.781 bits per heavy atom. The van der Waals surface area contributed by atoms with Crippen LogP contribution in [0, 0.1) is 0 Å². The summed E-state index contributed by atoms with van der Waals surface area (Å²) in [7, 11) is 0. The van der Waals surface area contributed by atoms with E-state index in [1.165, 1.54) is 77.9 Å². The summed E-state index contributed by atoms with van der Waals surface area (Å²) in [5, 5.41) is 2.19. The zero-order valence-electron chi connectivity index (χ0n) is 34.9. The molecule has 14 rings (SSSR count). The van der Waals surface area contributed by atoms with Crippen LogP contribution in [0.4, 0.5) is 17.1 Å². The molecule has 3 aliphatic carbocycles. The SMILES string of the molecule is c1ccc(C2(c3ccccc3)c3ccccc3-c3cc(N(c4cccc5c4-c4ccccc4C54c5ccccc5-c5ccccc54)c4cccc5oc6ccccc6c45)ccc32)cc1. The van der Waals surface area contributed by atoms with Crippen LogP contribution in [0.5, 0.6) is 0 Å². The standard InChI is InChI=1S/C62H39NO/c1-3-19-40(20-4-1)61(41-21-5-2-6-22-41)49-28-12-9-25-45(49)48-39-42(37-38-53(48)61)63(56-34-18-36-58-60(56)47-27-11-16-35-57(47)64-58)55-33-17-32-54-59(55)46-26-10-15-31-52(46)62(54)50-29-13-7-23-43(50)44-24-8-14-30-51(44)62/h1-39H. The van der Waals surface area contributed by atoms with Crippen molar-refractivity contribution in [1.29, 1.82) is 0 Å². The van der Waals surface area contributed by atoms with Crippen LogP contribution < -0.4 is 4.90 Å². The summed E-state index contributed by atoms with van der Waals surface area (Å²) in [6.07, 6.45) is 0. The van der Waals surface area contributed by atoms with Crippen molar-refractivity contribution >= 4 is 39.0 Å². The van der Waals surface area contributed by atoms with Crippen molar-refractivity contribution in [2.24, 2.45) is 0 Å². The Labute approximate surface area is 372 Å². The molecule has 0 amide bonds. The van der Waals surface area contributed by atoms with Crippen LogP contribution >= 0.6 is 0 Å². The normalized spacial score (nSPS) is 14.2. The Morgan fingerprint density at radius 1 is 0.312 bits per heavy atom. The van der Waals surface area contributed by atoms with Gasteiger partial charge in [-0.3, -0.25) is 0 Å². The molecule has 1 aromatic heterocycles. The summed E-state index contributed by atoms with van der Waals surface area (Å²) in [5.74, 6) is 0. The number of hydrogen-bond acceptors (Lipinski definition) is 2. The fraction of sp³-hybridized carbons (Fsp3) is 0.0323. The van der Waals surface area contributed by atoms with E-state index in [1.54, 1.807) is 0 Å². The second-order valence-corrected chi connectivity index (χ2v) is 17.4. The molecule has 2 nitrogen and oxygen atoms in total. The van der Waals surface area contributed by atoms with Crippen molar-refractivity contribution in [2.75, 3.05) is 4.90 Å². The molecule has 0 bridgehead atoms. The van der Waals surface area contributed by atoms with Gasteiger partial charge in [-0.2, -0.15) is 0 Å². The zero-order chi connectivity index (χ0) is 42.0.